The number of benzene rings is 2. The van der Waals surface area contributed by atoms with Gasteiger partial charge in [-0.25, -0.2) is 4.79 Å². The molecule has 130 valence electrons. The number of nitro groups is 1. The fraction of sp³-hybridized carbons (Fsp3) is 0.125. The van der Waals surface area contributed by atoms with E-state index in [0.717, 1.165) is 0 Å². The number of carbonyl (C=O) groups excluding carboxylic acids is 2. The second kappa shape index (κ2) is 7.75. The van der Waals surface area contributed by atoms with E-state index in [0.29, 0.717) is 4.47 Å². The van der Waals surface area contributed by atoms with Crippen molar-refractivity contribution in [1.82, 2.24) is 0 Å². The molecule has 0 spiro atoms. The Morgan fingerprint density at radius 1 is 1.28 bits per heavy atom. The van der Waals surface area contributed by atoms with Crippen LogP contribution in [-0.4, -0.2) is 28.0 Å². The van der Waals surface area contributed by atoms with Crippen molar-refractivity contribution in [3.63, 3.8) is 0 Å². The van der Waals surface area contributed by atoms with Gasteiger partial charge in [0.2, 0.25) is 0 Å². The summed E-state index contributed by atoms with van der Waals surface area (Å²) < 4.78 is 5.56. The number of hydrogen-bond donors (Lipinski definition) is 2. The van der Waals surface area contributed by atoms with Crippen molar-refractivity contribution in [2.75, 3.05) is 5.32 Å². The van der Waals surface area contributed by atoms with E-state index in [2.05, 4.69) is 21.2 Å². The minimum absolute atomic E-state index is 0.00861. The van der Waals surface area contributed by atoms with E-state index < -0.39 is 22.9 Å². The number of phenols is 1. The molecule has 2 aromatic carbocycles. The highest BCUT2D eigenvalue weighted by Gasteiger charge is 2.23. The van der Waals surface area contributed by atoms with Crippen LogP contribution in [0.1, 0.15) is 17.3 Å². The van der Waals surface area contributed by atoms with Gasteiger partial charge in [0.15, 0.2) is 6.10 Å². The summed E-state index contributed by atoms with van der Waals surface area (Å²) in [5.74, 6) is -1.93. The van der Waals surface area contributed by atoms with E-state index in [1.54, 1.807) is 0 Å². The maximum absolute atomic E-state index is 12.1. The third-order valence-electron chi connectivity index (χ3n) is 3.19. The molecule has 8 nitrogen and oxygen atoms in total. The predicted molar refractivity (Wildman–Crippen MR) is 92.4 cm³/mol. The second-order valence-electron chi connectivity index (χ2n) is 4.97. The number of nitrogens with one attached hydrogen (secondary N) is 1. The van der Waals surface area contributed by atoms with Crippen molar-refractivity contribution < 1.29 is 24.4 Å². The summed E-state index contributed by atoms with van der Waals surface area (Å²) in [5, 5.41) is 23.0. The van der Waals surface area contributed by atoms with Gasteiger partial charge in [0.05, 0.1) is 4.92 Å². The summed E-state index contributed by atoms with van der Waals surface area (Å²) in [6.45, 7) is 1.32. The smallest absolute Gasteiger partial charge is 0.342 e. The van der Waals surface area contributed by atoms with Crippen molar-refractivity contribution >= 4 is 39.2 Å². The number of anilines is 1. The molecule has 0 heterocycles. The van der Waals surface area contributed by atoms with Crippen LogP contribution in [0.25, 0.3) is 0 Å². The molecule has 0 aliphatic heterocycles. The molecule has 0 aliphatic carbocycles. The maximum atomic E-state index is 12.1. The van der Waals surface area contributed by atoms with Gasteiger partial charge in [0.25, 0.3) is 11.6 Å². The standard InChI is InChI=1S/C16H13BrN2O6/c1-9(25-16(22)11-8-10(17)6-7-14(11)20)15(21)18-12-4-2-3-5-13(12)19(23)24/h2-9,20H,1H3,(H,18,21)/t9-/m1/s1. The SMILES string of the molecule is C[C@@H](OC(=O)c1cc(Br)ccc1O)C(=O)Nc1ccccc1[N+](=O)[O-]. The number of nitro benzene ring substituents is 1. The van der Waals surface area contributed by atoms with E-state index in [1.165, 1.54) is 49.4 Å². The lowest BCUT2D eigenvalue weighted by atomic mass is 10.2. The average molecular weight is 409 g/mol. The van der Waals surface area contributed by atoms with Gasteiger partial charge in [-0.3, -0.25) is 14.9 Å². The zero-order chi connectivity index (χ0) is 18.6. The van der Waals surface area contributed by atoms with Gasteiger partial charge in [0.1, 0.15) is 17.0 Å². The fourth-order valence-corrected chi connectivity index (χ4v) is 2.28. The monoisotopic (exact) mass is 408 g/mol. The number of carbonyl (C=O) groups is 2. The minimum Gasteiger partial charge on any atom is -0.507 e. The fourth-order valence-electron chi connectivity index (χ4n) is 1.92. The van der Waals surface area contributed by atoms with Crippen molar-refractivity contribution in [2.45, 2.75) is 13.0 Å². The zero-order valence-electron chi connectivity index (χ0n) is 12.9. The molecule has 0 unspecified atom stereocenters. The molecule has 0 aromatic heterocycles. The number of rotatable bonds is 5. The van der Waals surface area contributed by atoms with Crippen LogP contribution in [0.3, 0.4) is 0 Å². The molecule has 1 atom stereocenters. The third kappa shape index (κ3) is 4.54. The highest BCUT2D eigenvalue weighted by atomic mass is 79.9. The van der Waals surface area contributed by atoms with Gasteiger partial charge in [-0.05, 0) is 31.2 Å². The van der Waals surface area contributed by atoms with E-state index >= 15 is 0 Å². The molecule has 1 amide bonds. The van der Waals surface area contributed by atoms with Crippen LogP contribution in [0, 0.1) is 10.1 Å². The first-order valence-corrected chi connectivity index (χ1v) is 7.82. The Morgan fingerprint density at radius 3 is 2.64 bits per heavy atom. The highest BCUT2D eigenvalue weighted by Crippen LogP contribution is 2.25. The molecule has 2 rings (SSSR count). The van der Waals surface area contributed by atoms with Gasteiger partial charge in [0, 0.05) is 10.5 Å². The summed E-state index contributed by atoms with van der Waals surface area (Å²) in [5.41, 5.74) is -0.399. The summed E-state index contributed by atoms with van der Waals surface area (Å²) in [6.07, 6.45) is -1.23. The molecule has 2 N–H and O–H groups in total. The van der Waals surface area contributed by atoms with Crippen molar-refractivity contribution in [3.8, 4) is 5.75 Å². The lowest BCUT2D eigenvalue weighted by molar-refractivity contribution is -0.383. The van der Waals surface area contributed by atoms with Gasteiger partial charge in [-0.2, -0.15) is 0 Å². The molecule has 0 bridgehead atoms. The number of amides is 1. The number of phenolic OH excluding ortho intramolecular Hbond substituents is 1. The zero-order valence-corrected chi connectivity index (χ0v) is 14.5. The Balaban J connectivity index is 2.09. The van der Waals surface area contributed by atoms with E-state index in [9.17, 15) is 24.8 Å². The summed E-state index contributed by atoms with van der Waals surface area (Å²) >= 11 is 3.16. The Hall–Kier alpha value is -2.94. The molecule has 0 aliphatic rings. The van der Waals surface area contributed by atoms with Crippen molar-refractivity contribution in [2.24, 2.45) is 0 Å². The molecule has 0 saturated carbocycles. The van der Waals surface area contributed by atoms with Crippen LogP contribution in [0.4, 0.5) is 11.4 Å². The first kappa shape index (κ1) is 18.4. The molecular weight excluding hydrogens is 396 g/mol. The molecular formula is C16H13BrN2O6. The predicted octanol–water partition coefficient (Wildman–Crippen LogP) is 3.25. The first-order chi connectivity index (χ1) is 11.8. The van der Waals surface area contributed by atoms with Gasteiger partial charge < -0.3 is 15.2 Å². The molecule has 2 aromatic rings. The maximum Gasteiger partial charge on any atom is 0.342 e. The second-order valence-corrected chi connectivity index (χ2v) is 5.89. The van der Waals surface area contributed by atoms with Crippen molar-refractivity contribution in [3.05, 3.63) is 62.6 Å². The lowest BCUT2D eigenvalue weighted by Gasteiger charge is -2.14. The summed E-state index contributed by atoms with van der Waals surface area (Å²) in [4.78, 5) is 34.5. The Kier molecular flexibility index (Phi) is 5.71. The van der Waals surface area contributed by atoms with Crippen LogP contribution in [0.2, 0.25) is 0 Å². The Labute approximate surface area is 150 Å². The Bertz CT molecular complexity index is 839. The molecule has 0 saturated heterocycles. The van der Waals surface area contributed by atoms with Crippen LogP contribution < -0.4 is 5.32 Å². The number of ether oxygens (including phenoxy) is 1. The van der Waals surface area contributed by atoms with Crippen LogP contribution in [0.5, 0.6) is 5.75 Å². The van der Waals surface area contributed by atoms with E-state index in [4.69, 9.17) is 4.74 Å². The quantitative estimate of drug-likeness (QED) is 0.445. The lowest BCUT2D eigenvalue weighted by Crippen LogP contribution is -2.30. The average Bonchev–Trinajstić information content (AvgIpc) is 2.57. The molecule has 0 radical (unpaired) electrons. The first-order valence-electron chi connectivity index (χ1n) is 7.03. The third-order valence-corrected chi connectivity index (χ3v) is 3.68. The minimum atomic E-state index is -1.23. The van der Waals surface area contributed by atoms with Gasteiger partial charge in [-0.15, -0.1) is 0 Å². The van der Waals surface area contributed by atoms with Crippen molar-refractivity contribution in [1.29, 1.82) is 0 Å². The summed E-state index contributed by atoms with van der Waals surface area (Å²) in [6, 6.07) is 9.79. The number of esters is 1. The molecule has 9 heteroatoms. The van der Waals surface area contributed by atoms with Gasteiger partial charge in [-0.1, -0.05) is 28.1 Å². The van der Waals surface area contributed by atoms with E-state index in [1.807, 2.05) is 0 Å². The van der Waals surface area contributed by atoms with Crippen LogP contribution in [-0.2, 0) is 9.53 Å². The highest BCUT2D eigenvalue weighted by molar-refractivity contribution is 9.10. The number of nitrogens with zero attached hydrogens (tertiary/aromatic N) is 1. The number of hydrogen-bond acceptors (Lipinski definition) is 6. The largest absolute Gasteiger partial charge is 0.507 e. The normalized spacial score (nSPS) is 11.4. The molecule has 0 fully saturated rings. The number of para-hydroxylation sites is 2. The van der Waals surface area contributed by atoms with E-state index in [-0.39, 0.29) is 22.7 Å². The van der Waals surface area contributed by atoms with Gasteiger partial charge >= 0.3 is 5.97 Å². The van der Waals surface area contributed by atoms with Crippen LogP contribution in [0.15, 0.2) is 46.9 Å². The Morgan fingerprint density at radius 2 is 1.96 bits per heavy atom. The summed E-state index contributed by atoms with van der Waals surface area (Å²) in [7, 11) is 0. The van der Waals surface area contributed by atoms with Crippen LogP contribution >= 0.6 is 15.9 Å². The number of halogens is 1. The topological polar surface area (TPSA) is 119 Å². The number of aromatic hydroxyl groups is 1. The molecule has 25 heavy (non-hydrogen) atoms.